The molecule has 30 heavy (non-hydrogen) atoms. The van der Waals surface area contributed by atoms with Crippen LogP contribution in [0, 0.1) is 5.92 Å². The smallest absolute Gasteiger partial charge is 0.404 e. The molecule has 0 spiro atoms. The number of nitrogens with two attached hydrogens (primary N) is 1. The molecule has 4 unspecified atom stereocenters. The van der Waals surface area contributed by atoms with E-state index in [2.05, 4.69) is 5.32 Å². The Labute approximate surface area is 172 Å². The zero-order valence-electron chi connectivity index (χ0n) is 16.6. The number of carbonyl (C=O) groups excluding carboxylic acids is 3. The van der Waals surface area contributed by atoms with Crippen molar-refractivity contribution in [2.75, 3.05) is 40.3 Å². The van der Waals surface area contributed by atoms with Gasteiger partial charge in [0.25, 0.3) is 0 Å². The van der Waals surface area contributed by atoms with Gasteiger partial charge in [0.05, 0.1) is 24.3 Å². The summed E-state index contributed by atoms with van der Waals surface area (Å²) in [6.07, 6.45) is -1.28. The molecule has 3 fully saturated rings. The molecule has 0 aromatic carbocycles. The molecule has 5 rings (SSSR count). The van der Waals surface area contributed by atoms with Gasteiger partial charge in [-0.05, 0) is 6.92 Å². The van der Waals surface area contributed by atoms with E-state index in [9.17, 15) is 14.4 Å². The van der Waals surface area contributed by atoms with E-state index in [0.717, 1.165) is 0 Å². The van der Waals surface area contributed by atoms with Crippen LogP contribution in [0.2, 0.25) is 0 Å². The van der Waals surface area contributed by atoms with E-state index in [4.69, 9.17) is 29.4 Å². The highest BCUT2D eigenvalue weighted by atomic mass is 16.7. The highest BCUT2D eigenvalue weighted by Crippen LogP contribution is 2.55. The van der Waals surface area contributed by atoms with Crippen molar-refractivity contribution >= 4 is 17.7 Å². The van der Waals surface area contributed by atoms with Gasteiger partial charge in [-0.15, -0.1) is 0 Å². The fraction of sp³-hybridized carbons (Fsp3) is 0.632. The minimum absolute atomic E-state index is 0.0222. The van der Waals surface area contributed by atoms with Gasteiger partial charge in [0.2, 0.25) is 11.6 Å². The van der Waals surface area contributed by atoms with Gasteiger partial charge >= 0.3 is 6.09 Å². The zero-order chi connectivity index (χ0) is 21.2. The Morgan fingerprint density at radius 3 is 2.80 bits per heavy atom. The van der Waals surface area contributed by atoms with Gasteiger partial charge in [-0.2, -0.15) is 0 Å². The Hall–Kier alpha value is -2.47. The number of nitrogens with one attached hydrogen (secondary N) is 1. The van der Waals surface area contributed by atoms with Gasteiger partial charge in [-0.3, -0.25) is 9.59 Å². The number of methoxy groups -OCH3 is 1. The number of amides is 1. The van der Waals surface area contributed by atoms with E-state index < -0.39 is 23.5 Å². The number of fused-ring (bicyclic) bond motifs is 4. The quantitative estimate of drug-likeness (QED) is 0.395. The number of ether oxygens (including phenoxy) is 5. The third-order valence-electron chi connectivity index (χ3n) is 6.48. The lowest BCUT2D eigenvalue weighted by Gasteiger charge is -2.39. The molecule has 0 saturated carbocycles. The summed E-state index contributed by atoms with van der Waals surface area (Å²) in [7, 11) is 1.52. The number of piperazine rings is 1. The SMILES string of the molecule is CO[C@@]12C(COC(N)=O)C3=C(C(=O)C(C)=C(OCC4COCO4)C3=O)N1CC1NC12. The van der Waals surface area contributed by atoms with E-state index >= 15 is 0 Å². The first-order chi connectivity index (χ1) is 14.4. The Morgan fingerprint density at radius 2 is 2.13 bits per heavy atom. The maximum absolute atomic E-state index is 13.5. The maximum atomic E-state index is 13.5. The third kappa shape index (κ3) is 2.56. The van der Waals surface area contributed by atoms with Gasteiger partial charge in [0, 0.05) is 30.8 Å². The van der Waals surface area contributed by atoms with Gasteiger partial charge in [-0.25, -0.2) is 4.79 Å². The third-order valence-corrected chi connectivity index (χ3v) is 6.48. The fourth-order valence-electron chi connectivity index (χ4n) is 5.09. The molecule has 162 valence electrons. The molecule has 5 atom stereocenters. The van der Waals surface area contributed by atoms with Crippen LogP contribution in [0.15, 0.2) is 22.6 Å². The summed E-state index contributed by atoms with van der Waals surface area (Å²) >= 11 is 0. The van der Waals surface area contributed by atoms with Gasteiger partial charge in [0.15, 0.2) is 11.5 Å². The first kappa shape index (κ1) is 19.5. The Morgan fingerprint density at radius 1 is 1.33 bits per heavy atom. The van der Waals surface area contributed by atoms with Crippen LogP contribution in [-0.4, -0.2) is 86.7 Å². The second-order valence-electron chi connectivity index (χ2n) is 7.96. The van der Waals surface area contributed by atoms with E-state index in [1.165, 1.54) is 7.11 Å². The first-order valence-corrected chi connectivity index (χ1v) is 9.77. The number of nitrogens with zero attached hydrogens (tertiary/aromatic N) is 1. The highest BCUT2D eigenvalue weighted by molar-refractivity contribution is 6.25. The number of rotatable bonds is 6. The second kappa shape index (κ2) is 6.77. The average molecular weight is 421 g/mol. The largest absolute Gasteiger partial charge is 0.486 e. The number of Topliss-reactive ketones (excluding diaryl/α,β-unsaturated/α-hetero) is 2. The second-order valence-corrected chi connectivity index (χ2v) is 7.96. The number of hydrogen-bond donors (Lipinski definition) is 2. The number of primary amides is 1. The molecule has 5 aliphatic rings. The van der Waals surface area contributed by atoms with Crippen molar-refractivity contribution in [2.45, 2.75) is 30.8 Å². The fourth-order valence-corrected chi connectivity index (χ4v) is 5.09. The van der Waals surface area contributed by atoms with Crippen molar-refractivity contribution in [3.63, 3.8) is 0 Å². The molecule has 0 radical (unpaired) electrons. The van der Waals surface area contributed by atoms with Crippen molar-refractivity contribution in [1.29, 1.82) is 0 Å². The summed E-state index contributed by atoms with van der Waals surface area (Å²) in [6, 6.07) is 0.0447. The molecular weight excluding hydrogens is 398 g/mol. The predicted molar refractivity (Wildman–Crippen MR) is 97.6 cm³/mol. The molecule has 0 bridgehead atoms. The number of hydrogen-bond acceptors (Lipinski definition) is 10. The van der Waals surface area contributed by atoms with Crippen LogP contribution in [0.4, 0.5) is 4.79 Å². The van der Waals surface area contributed by atoms with Crippen LogP contribution in [0.5, 0.6) is 0 Å². The van der Waals surface area contributed by atoms with Crippen LogP contribution >= 0.6 is 0 Å². The van der Waals surface area contributed by atoms with E-state index in [-0.39, 0.29) is 60.9 Å². The summed E-state index contributed by atoms with van der Waals surface area (Å²) < 4.78 is 27.2. The molecule has 11 nitrogen and oxygen atoms in total. The van der Waals surface area contributed by atoms with E-state index in [1.54, 1.807) is 6.92 Å². The standard InChI is InChI=1S/C19H23N3O8/c1-8-14(23)13-12(15(24)16(8)28-5-9-4-27-7-30-9)10(6-29-18(20)25)19(26-2)17-11(21-17)3-22(13)19/h9-11,17,21H,3-7H2,1-2H3,(H2,20,25)/t9?,10?,11?,17?,19-/m1/s1. The highest BCUT2D eigenvalue weighted by Gasteiger charge is 2.72. The van der Waals surface area contributed by atoms with Gasteiger partial charge < -0.3 is 39.6 Å². The van der Waals surface area contributed by atoms with Crippen LogP contribution < -0.4 is 11.1 Å². The average Bonchev–Trinajstić information content (AvgIpc) is 3.08. The molecule has 3 saturated heterocycles. The van der Waals surface area contributed by atoms with Crippen molar-refractivity contribution in [3.05, 3.63) is 22.6 Å². The summed E-state index contributed by atoms with van der Waals surface area (Å²) in [6.45, 7) is 2.51. The predicted octanol–water partition coefficient (Wildman–Crippen LogP) is -1.22. The molecule has 3 N–H and O–H groups in total. The topological polar surface area (TPSA) is 149 Å². The lowest BCUT2D eigenvalue weighted by Crippen LogP contribution is -2.55. The van der Waals surface area contributed by atoms with Crippen molar-refractivity contribution in [1.82, 2.24) is 10.2 Å². The van der Waals surface area contributed by atoms with Gasteiger partial charge in [0.1, 0.15) is 26.1 Å². The molecule has 1 aliphatic carbocycles. The molecule has 0 aromatic heterocycles. The molecule has 11 heteroatoms. The van der Waals surface area contributed by atoms with Crippen molar-refractivity contribution in [3.8, 4) is 0 Å². The molecule has 4 heterocycles. The number of allylic oxidation sites excluding steroid dienone is 2. The lowest BCUT2D eigenvalue weighted by atomic mass is 9.83. The van der Waals surface area contributed by atoms with Crippen molar-refractivity contribution < 1.29 is 38.1 Å². The van der Waals surface area contributed by atoms with Crippen LogP contribution in [0.3, 0.4) is 0 Å². The maximum Gasteiger partial charge on any atom is 0.404 e. The summed E-state index contributed by atoms with van der Waals surface area (Å²) in [5.41, 5.74) is 4.93. The Balaban J connectivity index is 1.50. The Kier molecular flexibility index (Phi) is 4.40. The lowest BCUT2D eigenvalue weighted by molar-refractivity contribution is -0.137. The number of carbonyl (C=O) groups is 3. The van der Waals surface area contributed by atoms with E-state index in [0.29, 0.717) is 18.8 Å². The minimum atomic E-state index is -1.01. The van der Waals surface area contributed by atoms with Gasteiger partial charge in [-0.1, -0.05) is 0 Å². The van der Waals surface area contributed by atoms with E-state index in [1.807, 2.05) is 4.90 Å². The molecule has 1 amide bonds. The van der Waals surface area contributed by atoms with Crippen molar-refractivity contribution in [2.24, 2.45) is 11.7 Å². The van der Waals surface area contributed by atoms with Crippen LogP contribution in [0.1, 0.15) is 6.92 Å². The van der Waals surface area contributed by atoms with Crippen LogP contribution in [-0.2, 0) is 33.3 Å². The summed E-state index contributed by atoms with van der Waals surface area (Å²) in [5.74, 6) is -1.43. The Bertz CT molecular complexity index is 892. The molecular formula is C19H23N3O8. The zero-order valence-corrected chi connectivity index (χ0v) is 16.6. The first-order valence-electron chi connectivity index (χ1n) is 9.77. The normalized spacial score (nSPS) is 36.8. The summed E-state index contributed by atoms with van der Waals surface area (Å²) in [4.78, 5) is 39.9. The van der Waals surface area contributed by atoms with Crippen LogP contribution in [0.25, 0.3) is 0 Å². The molecule has 0 aromatic rings. The number of ketones is 2. The summed E-state index contributed by atoms with van der Waals surface area (Å²) in [5, 5.41) is 3.31. The minimum Gasteiger partial charge on any atom is -0.486 e. The molecule has 4 aliphatic heterocycles. The monoisotopic (exact) mass is 421 g/mol.